The van der Waals surface area contributed by atoms with E-state index in [1.165, 1.54) is 38.5 Å². The van der Waals surface area contributed by atoms with Crippen molar-refractivity contribution in [3.05, 3.63) is 0 Å². The summed E-state index contributed by atoms with van der Waals surface area (Å²) in [4.78, 5) is 0. The first-order valence-corrected chi connectivity index (χ1v) is 8.99. The van der Waals surface area contributed by atoms with E-state index in [0.29, 0.717) is 0 Å². The Bertz CT molecular complexity index is 326. The fraction of sp³-hybridized carbons (Fsp3) is 1.00. The standard InChI is InChI=1S/C18H30O/c19-16-8-9-18-14-5-4-12-2-1-3-17(12)13(10-14)6-7-15(18)11-16/h12-19H,1-11H2/t12-,13+,14?,15+,16+,17-,18+/m1/s1. The molecule has 0 saturated heterocycles. The molecule has 0 heterocycles. The zero-order valence-electron chi connectivity index (χ0n) is 12.3. The number of hydrogen-bond acceptors (Lipinski definition) is 1. The molecule has 4 rings (SSSR count). The molecule has 4 fully saturated rings. The van der Waals surface area contributed by atoms with Crippen LogP contribution in [0.25, 0.3) is 0 Å². The van der Waals surface area contributed by atoms with Gasteiger partial charge in [-0.25, -0.2) is 0 Å². The van der Waals surface area contributed by atoms with Crippen LogP contribution in [0, 0.1) is 35.5 Å². The second-order valence-corrected chi connectivity index (χ2v) is 8.16. The molecule has 19 heavy (non-hydrogen) atoms. The van der Waals surface area contributed by atoms with Crippen LogP contribution in [0.1, 0.15) is 70.6 Å². The summed E-state index contributed by atoms with van der Waals surface area (Å²) in [6, 6.07) is 0. The van der Waals surface area contributed by atoms with Gasteiger partial charge in [0.05, 0.1) is 6.10 Å². The summed E-state index contributed by atoms with van der Waals surface area (Å²) in [5.41, 5.74) is 0. The van der Waals surface area contributed by atoms with E-state index in [0.717, 1.165) is 48.3 Å². The van der Waals surface area contributed by atoms with Gasteiger partial charge in [0.2, 0.25) is 0 Å². The van der Waals surface area contributed by atoms with E-state index in [-0.39, 0.29) is 6.10 Å². The van der Waals surface area contributed by atoms with Gasteiger partial charge < -0.3 is 5.11 Å². The third-order valence-electron chi connectivity index (χ3n) is 7.36. The van der Waals surface area contributed by atoms with Crippen LogP contribution in [-0.4, -0.2) is 11.2 Å². The summed E-state index contributed by atoms with van der Waals surface area (Å²) in [6.45, 7) is 0. The summed E-state index contributed by atoms with van der Waals surface area (Å²) in [5, 5.41) is 9.99. The molecule has 1 nitrogen and oxygen atoms in total. The van der Waals surface area contributed by atoms with Crippen molar-refractivity contribution >= 4 is 0 Å². The van der Waals surface area contributed by atoms with Gasteiger partial charge in [-0.3, -0.25) is 0 Å². The molecule has 108 valence electrons. The quantitative estimate of drug-likeness (QED) is 0.686. The van der Waals surface area contributed by atoms with Crippen molar-refractivity contribution in [2.45, 2.75) is 76.7 Å². The van der Waals surface area contributed by atoms with E-state index in [2.05, 4.69) is 0 Å². The maximum Gasteiger partial charge on any atom is 0.0543 e. The van der Waals surface area contributed by atoms with E-state index in [1.807, 2.05) is 0 Å². The van der Waals surface area contributed by atoms with Crippen LogP contribution >= 0.6 is 0 Å². The Morgan fingerprint density at radius 1 is 0.526 bits per heavy atom. The average Bonchev–Trinajstić information content (AvgIpc) is 2.72. The molecular formula is C18H30O. The van der Waals surface area contributed by atoms with Crippen molar-refractivity contribution in [1.29, 1.82) is 0 Å². The molecule has 4 aliphatic carbocycles. The highest BCUT2D eigenvalue weighted by atomic mass is 16.3. The molecule has 0 amide bonds. The zero-order chi connectivity index (χ0) is 12.8. The highest BCUT2D eigenvalue weighted by molar-refractivity contribution is 4.95. The number of aliphatic hydroxyl groups excluding tert-OH is 1. The molecule has 1 N–H and O–H groups in total. The monoisotopic (exact) mass is 262 g/mol. The molecule has 0 radical (unpaired) electrons. The van der Waals surface area contributed by atoms with Crippen molar-refractivity contribution in [2.24, 2.45) is 35.5 Å². The van der Waals surface area contributed by atoms with Gasteiger partial charge in [-0.1, -0.05) is 12.8 Å². The highest BCUT2D eigenvalue weighted by Gasteiger charge is 2.44. The molecule has 0 aromatic rings. The fourth-order valence-corrected chi connectivity index (χ4v) is 6.52. The van der Waals surface area contributed by atoms with Crippen molar-refractivity contribution in [3.63, 3.8) is 0 Å². The number of fused-ring (bicyclic) bond motifs is 6. The van der Waals surface area contributed by atoms with Gasteiger partial charge in [0.1, 0.15) is 0 Å². The molecule has 1 heteroatoms. The van der Waals surface area contributed by atoms with Gasteiger partial charge in [0.25, 0.3) is 0 Å². The van der Waals surface area contributed by atoms with Gasteiger partial charge >= 0.3 is 0 Å². The Labute approximate surface area is 118 Å². The van der Waals surface area contributed by atoms with Gasteiger partial charge in [0, 0.05) is 0 Å². The molecule has 0 aromatic carbocycles. The van der Waals surface area contributed by atoms with E-state index in [4.69, 9.17) is 0 Å². The maximum atomic E-state index is 9.99. The summed E-state index contributed by atoms with van der Waals surface area (Å²) in [6.07, 6.45) is 15.7. The Kier molecular flexibility index (Phi) is 3.38. The third-order valence-corrected chi connectivity index (χ3v) is 7.36. The Morgan fingerprint density at radius 2 is 1.16 bits per heavy atom. The lowest BCUT2D eigenvalue weighted by Gasteiger charge is -2.37. The lowest BCUT2D eigenvalue weighted by atomic mass is 9.69. The summed E-state index contributed by atoms with van der Waals surface area (Å²) < 4.78 is 0. The molecule has 0 aliphatic heterocycles. The molecule has 0 aromatic heterocycles. The SMILES string of the molecule is O[C@H]1CC[C@H]2C3CC[C@H]4CCC[C@H]4[C@@H](CC[C@H]2C1)C3. The predicted molar refractivity (Wildman–Crippen MR) is 77.7 cm³/mol. The van der Waals surface area contributed by atoms with Crippen LogP contribution in [0.4, 0.5) is 0 Å². The number of hydrogen-bond donors (Lipinski definition) is 1. The van der Waals surface area contributed by atoms with E-state index in [1.54, 1.807) is 19.3 Å². The average molecular weight is 262 g/mol. The largest absolute Gasteiger partial charge is 0.393 e. The molecule has 4 aliphatic rings. The smallest absolute Gasteiger partial charge is 0.0543 e. The number of aliphatic hydroxyl groups is 1. The summed E-state index contributed by atoms with van der Waals surface area (Å²) in [5.74, 6) is 6.12. The zero-order valence-corrected chi connectivity index (χ0v) is 12.3. The van der Waals surface area contributed by atoms with Crippen molar-refractivity contribution in [3.8, 4) is 0 Å². The Hall–Kier alpha value is -0.0400. The minimum absolute atomic E-state index is 0.0284. The fourth-order valence-electron chi connectivity index (χ4n) is 6.52. The van der Waals surface area contributed by atoms with Crippen LogP contribution in [0.15, 0.2) is 0 Å². The van der Waals surface area contributed by atoms with Crippen LogP contribution in [0.2, 0.25) is 0 Å². The topological polar surface area (TPSA) is 20.2 Å². The first kappa shape index (κ1) is 12.7. The number of rotatable bonds is 0. The third kappa shape index (κ3) is 2.26. The van der Waals surface area contributed by atoms with Crippen LogP contribution in [0.5, 0.6) is 0 Å². The lowest BCUT2D eigenvalue weighted by Crippen LogP contribution is -2.31. The minimum Gasteiger partial charge on any atom is -0.393 e. The van der Waals surface area contributed by atoms with Gasteiger partial charge in [-0.15, -0.1) is 0 Å². The second kappa shape index (κ2) is 5.06. The van der Waals surface area contributed by atoms with Crippen molar-refractivity contribution in [2.75, 3.05) is 0 Å². The summed E-state index contributed by atoms with van der Waals surface area (Å²) in [7, 11) is 0. The van der Waals surface area contributed by atoms with E-state index >= 15 is 0 Å². The first-order chi connectivity index (χ1) is 9.31. The molecular weight excluding hydrogens is 232 g/mol. The molecule has 4 saturated carbocycles. The molecule has 7 atom stereocenters. The van der Waals surface area contributed by atoms with E-state index in [9.17, 15) is 5.11 Å². The van der Waals surface area contributed by atoms with Gasteiger partial charge in [-0.2, -0.15) is 0 Å². The second-order valence-electron chi connectivity index (χ2n) is 8.16. The molecule has 1 unspecified atom stereocenters. The van der Waals surface area contributed by atoms with Crippen LogP contribution in [0.3, 0.4) is 0 Å². The molecule has 2 bridgehead atoms. The van der Waals surface area contributed by atoms with Crippen LogP contribution in [-0.2, 0) is 0 Å². The molecule has 0 spiro atoms. The minimum atomic E-state index is 0.0284. The predicted octanol–water partition coefficient (Wildman–Crippen LogP) is 4.39. The first-order valence-electron chi connectivity index (χ1n) is 8.99. The summed E-state index contributed by atoms with van der Waals surface area (Å²) >= 11 is 0. The Balaban J connectivity index is 1.55. The Morgan fingerprint density at radius 3 is 1.95 bits per heavy atom. The van der Waals surface area contributed by atoms with Crippen molar-refractivity contribution < 1.29 is 5.11 Å². The van der Waals surface area contributed by atoms with Gasteiger partial charge in [-0.05, 0) is 93.3 Å². The highest BCUT2D eigenvalue weighted by Crippen LogP contribution is 2.54. The lowest BCUT2D eigenvalue weighted by molar-refractivity contribution is 0.0443. The van der Waals surface area contributed by atoms with Crippen molar-refractivity contribution in [1.82, 2.24) is 0 Å². The normalized spacial score (nSPS) is 53.8. The van der Waals surface area contributed by atoms with E-state index < -0.39 is 0 Å². The van der Waals surface area contributed by atoms with Gasteiger partial charge in [0.15, 0.2) is 0 Å². The van der Waals surface area contributed by atoms with Crippen LogP contribution < -0.4 is 0 Å². The maximum absolute atomic E-state index is 9.99.